The van der Waals surface area contributed by atoms with Gasteiger partial charge < -0.3 is 9.47 Å². The van der Waals surface area contributed by atoms with Crippen LogP contribution in [0.2, 0.25) is 0 Å². The molecule has 84 valence electrons. The number of rotatable bonds is 4. The molecule has 0 aromatic heterocycles. The predicted octanol–water partition coefficient (Wildman–Crippen LogP) is 0.676. The zero-order valence-electron chi connectivity index (χ0n) is 9.20. The zero-order chi connectivity index (χ0) is 12.2. The minimum Gasteiger partial charge on any atom is -0.449 e. The minimum absolute atomic E-state index is 0.00995. The monoisotopic (exact) mass is 220 g/mol. The van der Waals surface area contributed by atoms with Crippen molar-refractivity contribution in [3.63, 3.8) is 0 Å². The van der Waals surface area contributed by atoms with Crippen molar-refractivity contribution >= 4 is 11.9 Å². The maximum Gasteiger partial charge on any atom is 0.331 e. The molecule has 0 aliphatic heterocycles. The molecule has 4 nitrogen and oxygen atoms in total. The number of ether oxygens (including phenoxy) is 2. The SMILES string of the molecule is CC#CCOC(=O)/C=C\C(=O)OCC#CC. The van der Waals surface area contributed by atoms with Crippen LogP contribution < -0.4 is 0 Å². The Balaban J connectivity index is 3.85. The molecule has 0 aromatic rings. The number of carbonyl (C=O) groups is 2. The Labute approximate surface area is 94.6 Å². The van der Waals surface area contributed by atoms with Gasteiger partial charge in [0.1, 0.15) is 0 Å². The molecule has 0 fully saturated rings. The van der Waals surface area contributed by atoms with Crippen LogP contribution in [0.25, 0.3) is 0 Å². The maximum atomic E-state index is 10.9. The summed E-state index contributed by atoms with van der Waals surface area (Å²) in [7, 11) is 0. The standard InChI is InChI=1S/C12H12O4/c1-3-5-9-15-11(13)7-8-12(14)16-10-6-4-2/h7-8H,9-10H2,1-2H3/b8-7-. The molecule has 16 heavy (non-hydrogen) atoms. The van der Waals surface area contributed by atoms with Crippen molar-refractivity contribution in [2.45, 2.75) is 13.8 Å². The van der Waals surface area contributed by atoms with Crippen molar-refractivity contribution < 1.29 is 19.1 Å². The van der Waals surface area contributed by atoms with Gasteiger partial charge in [0.25, 0.3) is 0 Å². The molecule has 0 N–H and O–H groups in total. The summed E-state index contributed by atoms with van der Waals surface area (Å²) in [6.45, 7) is 3.29. The molecule has 0 aliphatic carbocycles. The van der Waals surface area contributed by atoms with E-state index in [2.05, 4.69) is 33.2 Å². The van der Waals surface area contributed by atoms with Crippen LogP contribution in [0.4, 0.5) is 0 Å². The first-order valence-electron chi connectivity index (χ1n) is 4.51. The number of hydrogen-bond donors (Lipinski definition) is 0. The molecule has 0 radical (unpaired) electrons. The van der Waals surface area contributed by atoms with Crippen LogP contribution in [0.3, 0.4) is 0 Å². The number of hydrogen-bond acceptors (Lipinski definition) is 4. The fourth-order valence-electron chi connectivity index (χ4n) is 0.591. The first-order valence-corrected chi connectivity index (χ1v) is 4.51. The first-order chi connectivity index (χ1) is 7.70. The molecule has 0 heterocycles. The van der Waals surface area contributed by atoms with Gasteiger partial charge in [-0.05, 0) is 13.8 Å². The molecule has 0 amide bonds. The quantitative estimate of drug-likeness (QED) is 0.397. The van der Waals surface area contributed by atoms with Crippen LogP contribution in [-0.2, 0) is 19.1 Å². The molecular weight excluding hydrogens is 208 g/mol. The second-order valence-electron chi connectivity index (χ2n) is 2.40. The fraction of sp³-hybridized carbons (Fsp3) is 0.333. The van der Waals surface area contributed by atoms with Gasteiger partial charge >= 0.3 is 11.9 Å². The number of carbonyl (C=O) groups excluding carboxylic acids is 2. The summed E-state index contributed by atoms with van der Waals surface area (Å²) in [4.78, 5) is 21.9. The lowest BCUT2D eigenvalue weighted by Gasteiger charge is -1.95. The number of esters is 2. The van der Waals surface area contributed by atoms with Gasteiger partial charge in [-0.25, -0.2) is 9.59 Å². The second kappa shape index (κ2) is 9.36. The van der Waals surface area contributed by atoms with E-state index in [4.69, 9.17) is 0 Å². The van der Waals surface area contributed by atoms with Gasteiger partial charge in [0, 0.05) is 12.2 Å². The topological polar surface area (TPSA) is 52.6 Å². The highest BCUT2D eigenvalue weighted by atomic mass is 16.5. The lowest BCUT2D eigenvalue weighted by atomic mass is 10.5. The van der Waals surface area contributed by atoms with Gasteiger partial charge in [-0.15, -0.1) is 11.8 Å². The molecule has 0 rings (SSSR count). The van der Waals surface area contributed by atoms with E-state index in [9.17, 15) is 9.59 Å². The van der Waals surface area contributed by atoms with E-state index in [1.54, 1.807) is 13.8 Å². The molecule has 0 atom stereocenters. The van der Waals surface area contributed by atoms with Crippen LogP contribution in [0.5, 0.6) is 0 Å². The summed E-state index contributed by atoms with van der Waals surface area (Å²) in [5.41, 5.74) is 0. The highest BCUT2D eigenvalue weighted by molar-refractivity contribution is 5.91. The van der Waals surface area contributed by atoms with Gasteiger partial charge in [0.05, 0.1) is 0 Å². The molecule has 4 heteroatoms. The molecule has 0 aliphatic rings. The Kier molecular flexibility index (Phi) is 8.07. The first kappa shape index (κ1) is 13.8. The van der Waals surface area contributed by atoms with E-state index < -0.39 is 11.9 Å². The molecule has 0 saturated carbocycles. The zero-order valence-corrected chi connectivity index (χ0v) is 9.20. The summed E-state index contributed by atoms with van der Waals surface area (Å²) in [6, 6.07) is 0. The average molecular weight is 220 g/mol. The van der Waals surface area contributed by atoms with Crippen LogP contribution in [0.15, 0.2) is 12.2 Å². The van der Waals surface area contributed by atoms with E-state index in [1.807, 2.05) is 0 Å². The van der Waals surface area contributed by atoms with Crippen LogP contribution in [0.1, 0.15) is 13.8 Å². The highest BCUT2D eigenvalue weighted by Crippen LogP contribution is 1.85. The van der Waals surface area contributed by atoms with Gasteiger partial charge in [0.15, 0.2) is 13.2 Å². The van der Waals surface area contributed by atoms with Crippen LogP contribution >= 0.6 is 0 Å². The predicted molar refractivity (Wildman–Crippen MR) is 58.0 cm³/mol. The molecule has 0 unspecified atom stereocenters. The van der Waals surface area contributed by atoms with Crippen LogP contribution in [0, 0.1) is 23.7 Å². The van der Waals surface area contributed by atoms with E-state index in [-0.39, 0.29) is 13.2 Å². The second-order valence-corrected chi connectivity index (χ2v) is 2.40. The van der Waals surface area contributed by atoms with Gasteiger partial charge in [-0.1, -0.05) is 11.8 Å². The highest BCUT2D eigenvalue weighted by Gasteiger charge is 1.98. The summed E-state index contributed by atoms with van der Waals surface area (Å²) in [5, 5.41) is 0. The van der Waals surface area contributed by atoms with Crippen molar-refractivity contribution in [1.29, 1.82) is 0 Å². The molecule has 0 saturated heterocycles. The van der Waals surface area contributed by atoms with E-state index in [0.29, 0.717) is 0 Å². The lowest BCUT2D eigenvalue weighted by molar-refractivity contribution is -0.139. The van der Waals surface area contributed by atoms with Gasteiger partial charge in [-0.3, -0.25) is 0 Å². The third-order valence-electron chi connectivity index (χ3n) is 1.28. The Morgan fingerprint density at radius 1 is 0.938 bits per heavy atom. The van der Waals surface area contributed by atoms with Crippen molar-refractivity contribution in [1.82, 2.24) is 0 Å². The molecular formula is C12H12O4. The van der Waals surface area contributed by atoms with E-state index in [0.717, 1.165) is 12.2 Å². The Hall–Kier alpha value is -2.20. The molecule has 0 aromatic carbocycles. The van der Waals surface area contributed by atoms with Gasteiger partial charge in [0.2, 0.25) is 0 Å². The average Bonchev–Trinajstić information content (AvgIpc) is 2.27. The van der Waals surface area contributed by atoms with E-state index >= 15 is 0 Å². The van der Waals surface area contributed by atoms with Crippen molar-refractivity contribution in [3.05, 3.63) is 12.2 Å². The van der Waals surface area contributed by atoms with Gasteiger partial charge in [-0.2, -0.15) is 0 Å². The lowest BCUT2D eigenvalue weighted by Crippen LogP contribution is -2.04. The normalized spacial score (nSPS) is 8.38. The largest absolute Gasteiger partial charge is 0.449 e. The third-order valence-corrected chi connectivity index (χ3v) is 1.28. The van der Waals surface area contributed by atoms with Crippen LogP contribution in [-0.4, -0.2) is 25.2 Å². The fourth-order valence-corrected chi connectivity index (χ4v) is 0.591. The summed E-state index contributed by atoms with van der Waals surface area (Å²) >= 11 is 0. The Morgan fingerprint density at radius 3 is 1.62 bits per heavy atom. The maximum absolute atomic E-state index is 10.9. The Morgan fingerprint density at radius 2 is 1.31 bits per heavy atom. The minimum atomic E-state index is -0.638. The van der Waals surface area contributed by atoms with Crippen molar-refractivity contribution in [3.8, 4) is 23.7 Å². The van der Waals surface area contributed by atoms with Crippen molar-refractivity contribution in [2.24, 2.45) is 0 Å². The smallest absolute Gasteiger partial charge is 0.331 e. The summed E-state index contributed by atoms with van der Waals surface area (Å²) < 4.78 is 9.25. The van der Waals surface area contributed by atoms with Crippen molar-refractivity contribution in [2.75, 3.05) is 13.2 Å². The summed E-state index contributed by atoms with van der Waals surface area (Å²) in [5.74, 6) is 8.95. The molecule has 0 spiro atoms. The molecule has 0 bridgehead atoms. The third kappa shape index (κ3) is 8.40. The van der Waals surface area contributed by atoms with E-state index in [1.165, 1.54) is 0 Å². The summed E-state index contributed by atoms with van der Waals surface area (Å²) in [6.07, 6.45) is 1.97. The Bertz CT molecular complexity index is 347.